The number of nitrogen functional groups attached to an aromatic ring is 1. The molecule has 2 rings (SSSR count). The van der Waals surface area contributed by atoms with Gasteiger partial charge < -0.3 is 16.4 Å². The average molecular weight is 375 g/mol. The minimum atomic E-state index is -0.613. The smallest absolute Gasteiger partial charge is 0.224 e. The molecular weight excluding hydrogens is 348 g/mol. The molecule has 0 bridgehead atoms. The highest BCUT2D eigenvalue weighted by molar-refractivity contribution is 5.94. The average Bonchev–Trinajstić information content (AvgIpc) is 2.66. The van der Waals surface area contributed by atoms with E-state index in [0.717, 1.165) is 31.2 Å². The number of nitrogens with two attached hydrogens (primary N) is 1. The van der Waals surface area contributed by atoms with Crippen LogP contribution in [-0.2, 0) is 11.3 Å². The third-order valence-corrected chi connectivity index (χ3v) is 4.36. The number of carbonyl (C=O) groups is 1. The molecule has 4 nitrogen and oxygen atoms in total. The number of rotatable bonds is 10. The number of hydrogen-bond donors (Lipinski definition) is 3. The van der Waals surface area contributed by atoms with Crippen LogP contribution in [0.3, 0.4) is 0 Å². The number of amides is 1. The van der Waals surface area contributed by atoms with Crippen LogP contribution in [0.1, 0.15) is 51.0 Å². The zero-order valence-electron chi connectivity index (χ0n) is 15.7. The molecule has 0 spiro atoms. The lowest BCUT2D eigenvalue weighted by atomic mass is 10.1. The molecular formula is C21H27F2N3O. The number of halogens is 2. The molecule has 146 valence electrons. The Labute approximate surface area is 159 Å². The van der Waals surface area contributed by atoms with Gasteiger partial charge in [-0.15, -0.1) is 0 Å². The van der Waals surface area contributed by atoms with Crippen LogP contribution in [-0.4, -0.2) is 5.91 Å². The number of nitrogens with one attached hydrogen (secondary N) is 2. The van der Waals surface area contributed by atoms with Crippen molar-refractivity contribution in [1.29, 1.82) is 0 Å². The molecule has 0 aliphatic heterocycles. The minimum absolute atomic E-state index is 0.0987. The molecule has 6 heteroatoms. The fourth-order valence-electron chi connectivity index (χ4n) is 2.74. The van der Waals surface area contributed by atoms with Gasteiger partial charge in [0.05, 0.1) is 17.1 Å². The second-order valence-corrected chi connectivity index (χ2v) is 6.58. The Bertz CT molecular complexity index is 748. The van der Waals surface area contributed by atoms with Gasteiger partial charge in [-0.05, 0) is 36.2 Å². The van der Waals surface area contributed by atoms with Crippen molar-refractivity contribution in [1.82, 2.24) is 0 Å². The molecule has 27 heavy (non-hydrogen) atoms. The highest BCUT2D eigenvalue weighted by Gasteiger charge is 2.13. The Morgan fingerprint density at radius 1 is 0.963 bits per heavy atom. The summed E-state index contributed by atoms with van der Waals surface area (Å²) in [5.74, 6) is -1.10. The predicted molar refractivity (Wildman–Crippen MR) is 107 cm³/mol. The van der Waals surface area contributed by atoms with Gasteiger partial charge in [-0.2, -0.15) is 0 Å². The zero-order chi connectivity index (χ0) is 19.6. The Morgan fingerprint density at radius 3 is 2.33 bits per heavy atom. The predicted octanol–water partition coefficient (Wildman–Crippen LogP) is 5.46. The summed E-state index contributed by atoms with van der Waals surface area (Å²) >= 11 is 0. The van der Waals surface area contributed by atoms with Crippen molar-refractivity contribution < 1.29 is 13.6 Å². The van der Waals surface area contributed by atoms with E-state index in [9.17, 15) is 13.6 Å². The van der Waals surface area contributed by atoms with E-state index in [-0.39, 0.29) is 28.8 Å². The topological polar surface area (TPSA) is 67.2 Å². The molecule has 0 aliphatic carbocycles. The maximum absolute atomic E-state index is 14.5. The Balaban J connectivity index is 1.89. The summed E-state index contributed by atoms with van der Waals surface area (Å²) in [7, 11) is 0. The first-order valence-electron chi connectivity index (χ1n) is 9.37. The van der Waals surface area contributed by atoms with Crippen molar-refractivity contribution in [2.45, 2.75) is 52.0 Å². The Kier molecular flexibility index (Phi) is 8.04. The zero-order valence-corrected chi connectivity index (χ0v) is 15.7. The number of carbonyl (C=O) groups excluding carboxylic acids is 1. The Morgan fingerprint density at radius 2 is 1.63 bits per heavy atom. The van der Waals surface area contributed by atoms with Crippen molar-refractivity contribution in [2.24, 2.45) is 0 Å². The normalized spacial score (nSPS) is 10.6. The molecule has 0 saturated heterocycles. The first-order valence-corrected chi connectivity index (χ1v) is 9.37. The van der Waals surface area contributed by atoms with E-state index in [1.165, 1.54) is 24.6 Å². The minimum Gasteiger partial charge on any atom is -0.395 e. The SMILES string of the molecule is CCCCCCCC(=O)Nc1ccc(NCc2ccc(F)cc2)c(F)c1N. The lowest BCUT2D eigenvalue weighted by Gasteiger charge is -2.13. The van der Waals surface area contributed by atoms with Gasteiger partial charge in [0.1, 0.15) is 5.82 Å². The molecule has 2 aromatic carbocycles. The summed E-state index contributed by atoms with van der Waals surface area (Å²) in [5.41, 5.74) is 7.06. The summed E-state index contributed by atoms with van der Waals surface area (Å²) in [4.78, 5) is 12.0. The highest BCUT2D eigenvalue weighted by atomic mass is 19.1. The van der Waals surface area contributed by atoms with E-state index in [1.54, 1.807) is 18.2 Å². The number of benzene rings is 2. The van der Waals surface area contributed by atoms with Crippen LogP contribution in [0.25, 0.3) is 0 Å². The molecule has 0 fully saturated rings. The van der Waals surface area contributed by atoms with Crippen molar-refractivity contribution in [3.8, 4) is 0 Å². The van der Waals surface area contributed by atoms with E-state index in [2.05, 4.69) is 17.6 Å². The first-order chi connectivity index (χ1) is 13.0. The molecule has 4 N–H and O–H groups in total. The fraction of sp³-hybridized carbons (Fsp3) is 0.381. The van der Waals surface area contributed by atoms with Gasteiger partial charge in [0, 0.05) is 13.0 Å². The number of anilines is 3. The molecule has 0 heterocycles. The van der Waals surface area contributed by atoms with Crippen LogP contribution < -0.4 is 16.4 Å². The second kappa shape index (κ2) is 10.5. The standard InChI is InChI=1S/C21H27F2N3O/c1-2-3-4-5-6-7-19(27)26-18-13-12-17(20(23)21(18)24)25-14-15-8-10-16(22)11-9-15/h8-13,25H,2-7,14,24H2,1H3,(H,26,27). The lowest BCUT2D eigenvalue weighted by molar-refractivity contribution is -0.116. The number of hydrogen-bond acceptors (Lipinski definition) is 3. The first kappa shape index (κ1) is 20.7. The van der Waals surface area contributed by atoms with Crippen molar-refractivity contribution >= 4 is 23.0 Å². The van der Waals surface area contributed by atoms with Gasteiger partial charge in [0.15, 0.2) is 5.82 Å². The third-order valence-electron chi connectivity index (χ3n) is 4.36. The molecule has 0 aliphatic rings. The molecule has 0 radical (unpaired) electrons. The monoisotopic (exact) mass is 375 g/mol. The maximum Gasteiger partial charge on any atom is 0.224 e. The van der Waals surface area contributed by atoms with Gasteiger partial charge in [-0.1, -0.05) is 44.7 Å². The highest BCUT2D eigenvalue weighted by Crippen LogP contribution is 2.28. The van der Waals surface area contributed by atoms with Crippen molar-refractivity contribution in [3.05, 3.63) is 53.6 Å². The third kappa shape index (κ3) is 6.55. The van der Waals surface area contributed by atoms with Gasteiger partial charge in [-0.25, -0.2) is 8.78 Å². The van der Waals surface area contributed by atoms with Crippen LogP contribution in [0.5, 0.6) is 0 Å². The number of unbranched alkanes of at least 4 members (excludes halogenated alkanes) is 4. The molecule has 2 aromatic rings. The van der Waals surface area contributed by atoms with Crippen LogP contribution in [0.2, 0.25) is 0 Å². The second-order valence-electron chi connectivity index (χ2n) is 6.58. The molecule has 0 saturated carbocycles. The summed E-state index contributed by atoms with van der Waals surface area (Å²) in [6.45, 7) is 2.47. The summed E-state index contributed by atoms with van der Waals surface area (Å²) in [5, 5.41) is 5.61. The fourth-order valence-corrected chi connectivity index (χ4v) is 2.74. The molecule has 1 amide bonds. The van der Waals surface area contributed by atoms with Crippen LogP contribution in [0, 0.1) is 11.6 Å². The Hall–Kier alpha value is -2.63. The summed E-state index contributed by atoms with van der Waals surface area (Å²) in [6, 6.07) is 9.06. The van der Waals surface area contributed by atoms with Gasteiger partial charge in [0.25, 0.3) is 0 Å². The van der Waals surface area contributed by atoms with E-state index >= 15 is 0 Å². The van der Waals surface area contributed by atoms with Crippen molar-refractivity contribution in [3.63, 3.8) is 0 Å². The van der Waals surface area contributed by atoms with Gasteiger partial charge in [-0.3, -0.25) is 4.79 Å². The molecule has 0 aromatic heterocycles. The van der Waals surface area contributed by atoms with E-state index in [1.807, 2.05) is 0 Å². The van der Waals surface area contributed by atoms with E-state index in [4.69, 9.17) is 5.73 Å². The van der Waals surface area contributed by atoms with Crippen LogP contribution >= 0.6 is 0 Å². The van der Waals surface area contributed by atoms with Gasteiger partial charge in [0.2, 0.25) is 5.91 Å². The molecule has 0 unspecified atom stereocenters. The van der Waals surface area contributed by atoms with Crippen LogP contribution in [0.4, 0.5) is 25.8 Å². The largest absolute Gasteiger partial charge is 0.395 e. The van der Waals surface area contributed by atoms with Gasteiger partial charge >= 0.3 is 0 Å². The lowest BCUT2D eigenvalue weighted by Crippen LogP contribution is -2.14. The van der Waals surface area contributed by atoms with Crippen LogP contribution in [0.15, 0.2) is 36.4 Å². The van der Waals surface area contributed by atoms with E-state index < -0.39 is 5.82 Å². The van der Waals surface area contributed by atoms with E-state index in [0.29, 0.717) is 13.0 Å². The maximum atomic E-state index is 14.5. The quantitative estimate of drug-likeness (QED) is 0.382. The summed E-state index contributed by atoms with van der Waals surface area (Å²) < 4.78 is 27.4. The summed E-state index contributed by atoms with van der Waals surface area (Å²) in [6.07, 6.45) is 5.67. The van der Waals surface area contributed by atoms with Crippen molar-refractivity contribution in [2.75, 3.05) is 16.4 Å². The molecule has 0 atom stereocenters.